The molecule has 7 aromatic rings. The number of thiocyanates is 1. The van der Waals surface area contributed by atoms with Crippen molar-refractivity contribution in [3.63, 3.8) is 0 Å². The second kappa shape index (κ2) is 21.0. The minimum atomic E-state index is -1.08. The van der Waals surface area contributed by atoms with Gasteiger partial charge in [-0.3, -0.25) is 19.9 Å². The predicted octanol–water partition coefficient (Wildman–Crippen LogP) is 7.72. The first-order valence-electron chi connectivity index (χ1n) is 15.7. The van der Waals surface area contributed by atoms with Gasteiger partial charge in [0.05, 0.1) is 44.7 Å². The Bertz CT molecular complexity index is 2500. The number of carbonyl (C=O) groups is 4. The Morgan fingerprint density at radius 3 is 1.14 bits per heavy atom. The molecule has 0 aliphatic heterocycles. The first-order chi connectivity index (χ1) is 26.9. The fourth-order valence-corrected chi connectivity index (χ4v) is 5.32. The van der Waals surface area contributed by atoms with Crippen LogP contribution in [0.4, 0.5) is 0 Å². The minimum absolute atomic E-state index is 0. The summed E-state index contributed by atoms with van der Waals surface area (Å²) in [5.41, 5.74) is 6.39. The number of carboxylic acid groups (broad SMARTS) is 4. The van der Waals surface area contributed by atoms with Crippen molar-refractivity contribution in [1.82, 2.24) is 19.9 Å². The van der Waals surface area contributed by atoms with Gasteiger partial charge in [-0.05, 0) is 82.9 Å². The van der Waals surface area contributed by atoms with Gasteiger partial charge < -0.3 is 38.5 Å². The largest absolute Gasteiger partial charge is 2.00 e. The Labute approximate surface area is 346 Å². The number of aromatic nitrogens is 4. The molecule has 4 N–H and O–H groups in total. The molecule has 0 aliphatic carbocycles. The Kier molecular flexibility index (Phi) is 16.3. The number of aromatic carboxylic acids is 4. The summed E-state index contributed by atoms with van der Waals surface area (Å²) in [4.78, 5) is 61.1. The molecule has 0 fully saturated rings. The van der Waals surface area contributed by atoms with Gasteiger partial charge >= 0.3 is 43.4 Å². The van der Waals surface area contributed by atoms with Gasteiger partial charge in [0.25, 0.3) is 0 Å². The number of benzene rings is 3. The maximum Gasteiger partial charge on any atom is 2.00 e. The summed E-state index contributed by atoms with van der Waals surface area (Å²) in [6.07, 6.45) is 6.12. The summed E-state index contributed by atoms with van der Waals surface area (Å²) in [5.74, 6) is -4.08. The van der Waals surface area contributed by atoms with Crippen molar-refractivity contribution in [2.45, 2.75) is 0 Å². The summed E-state index contributed by atoms with van der Waals surface area (Å²) < 4.78 is 0. The van der Waals surface area contributed by atoms with Crippen molar-refractivity contribution >= 4 is 75.7 Å². The van der Waals surface area contributed by atoms with Gasteiger partial charge in [0.2, 0.25) is 0 Å². The van der Waals surface area contributed by atoms with E-state index in [-0.39, 0.29) is 41.7 Å². The molecule has 3 aromatic carbocycles. The molecule has 57 heavy (non-hydrogen) atoms. The molecule has 4 heterocycles. The van der Waals surface area contributed by atoms with Crippen molar-refractivity contribution in [3.8, 4) is 39.0 Å². The van der Waals surface area contributed by atoms with Crippen molar-refractivity contribution in [2.75, 3.05) is 0 Å². The molecule has 7 rings (SSSR count). The molecular formula is C40H24N6O8RuS2. The van der Waals surface area contributed by atoms with Crippen LogP contribution in [0.3, 0.4) is 0 Å². The molecule has 4 aromatic heterocycles. The smallest absolute Gasteiger partial charge is 0.753 e. The molecule has 14 nitrogen and oxygen atoms in total. The molecule has 0 saturated carbocycles. The van der Waals surface area contributed by atoms with Crippen LogP contribution in [0.1, 0.15) is 41.4 Å². The number of nitriles is 1. The Morgan fingerprint density at radius 2 is 0.842 bits per heavy atom. The fraction of sp³-hybridized carbons (Fsp3) is 0. The summed E-state index contributed by atoms with van der Waals surface area (Å²) in [6, 6.07) is 26.7. The normalized spacial score (nSPS) is 9.60. The van der Waals surface area contributed by atoms with Crippen LogP contribution in [0, 0.1) is 10.7 Å². The third-order valence-corrected chi connectivity index (χ3v) is 7.78. The van der Waals surface area contributed by atoms with E-state index in [9.17, 15) is 19.2 Å². The van der Waals surface area contributed by atoms with Crippen molar-refractivity contribution in [2.24, 2.45) is 0 Å². The molecule has 17 heteroatoms. The van der Waals surface area contributed by atoms with Crippen LogP contribution in [0.5, 0.6) is 0 Å². The van der Waals surface area contributed by atoms with Gasteiger partial charge in [-0.1, -0.05) is 54.0 Å². The molecule has 0 saturated heterocycles. The van der Waals surface area contributed by atoms with E-state index in [1.54, 1.807) is 60.9 Å². The van der Waals surface area contributed by atoms with E-state index >= 15 is 0 Å². The van der Waals surface area contributed by atoms with Crippen LogP contribution >= 0.6 is 12.2 Å². The van der Waals surface area contributed by atoms with E-state index < -0.39 is 23.9 Å². The quantitative estimate of drug-likeness (QED) is 0.0299. The van der Waals surface area contributed by atoms with Crippen LogP contribution in [0.25, 0.3) is 60.9 Å². The van der Waals surface area contributed by atoms with Gasteiger partial charge in [-0.25, -0.2) is 24.4 Å². The Morgan fingerprint density at radius 1 is 0.544 bits per heavy atom. The molecule has 0 amide bonds. The molecule has 0 spiro atoms. The average Bonchev–Trinajstić information content (AvgIpc) is 3.21. The standard InChI is InChI=1S/C26H16N2O4.C12H8N2O4.CHNS.CNS.Ru/c29-25(30)17-5-1-15(2-6-17)19-11-13-27-23-21(19)9-10-22-20(12-14-28-24(22)23)16-3-7-18(8-4-16)26(31)32;15-11(16)7-1-3-13-9(5-7)10-6-8(12(17)18)2-4-14-10;2*2-1-3;/h1-14H,(H,29,30)(H,31,32);1-6H,(H,15,16)(H,17,18);3H;;/q;;;-1;+2/p-1. The van der Waals surface area contributed by atoms with Crippen molar-refractivity contribution in [3.05, 3.63) is 150 Å². The van der Waals surface area contributed by atoms with Crippen LogP contribution in [0.15, 0.2) is 122 Å². The zero-order chi connectivity index (χ0) is 40.8. The number of nitrogens with zero attached hydrogens (tertiary/aromatic N) is 6. The topological polar surface area (TPSA) is 247 Å². The maximum atomic E-state index is 11.2. The van der Waals surface area contributed by atoms with E-state index in [1.165, 1.54) is 47.2 Å². The Hall–Kier alpha value is -7.21. The maximum absolute atomic E-state index is 11.2. The number of carboxylic acids is 4. The SMILES string of the molecule is N#C[S-].O=C(O)c1ccc(-c2ccnc3c2ccc2c(-c4ccc(C(=O)O)cc4)ccnc23)cc1.O=C(O)c1ccnc(-c2cc(C(=O)O)ccn2)c1.[N-]=C=S.[Ru+2]. The predicted molar refractivity (Wildman–Crippen MR) is 212 cm³/mol. The van der Waals surface area contributed by atoms with Crippen molar-refractivity contribution in [1.29, 1.82) is 5.26 Å². The summed E-state index contributed by atoms with van der Waals surface area (Å²) in [5, 5.41) is 54.8. The molecule has 0 atom stereocenters. The number of fused-ring (bicyclic) bond motifs is 3. The zero-order valence-electron chi connectivity index (χ0n) is 28.8. The number of pyridine rings is 4. The molecule has 0 unspecified atom stereocenters. The molecule has 282 valence electrons. The summed E-state index contributed by atoms with van der Waals surface area (Å²) in [7, 11) is 0. The number of hydrogen-bond donors (Lipinski definition) is 4. The van der Waals surface area contributed by atoms with Gasteiger partial charge in [0.1, 0.15) is 0 Å². The molecular weight excluding hydrogens is 858 g/mol. The van der Waals surface area contributed by atoms with Gasteiger partial charge in [-0.2, -0.15) is 5.16 Å². The molecule has 0 aliphatic rings. The first-order valence-corrected chi connectivity index (χ1v) is 16.5. The molecule has 0 radical (unpaired) electrons. The second-order valence-electron chi connectivity index (χ2n) is 11.0. The number of thiocarbonyl (C=S) groups is 1. The fourth-order valence-electron chi connectivity index (χ4n) is 5.32. The van der Waals surface area contributed by atoms with E-state index in [2.05, 4.69) is 44.8 Å². The van der Waals surface area contributed by atoms with Crippen LogP contribution in [-0.4, -0.2) is 69.4 Å². The first kappa shape index (κ1) is 44.2. The Balaban J connectivity index is 0.000000295. The van der Waals surface area contributed by atoms with E-state index in [0.29, 0.717) is 11.4 Å². The monoisotopic (exact) mass is 882 g/mol. The van der Waals surface area contributed by atoms with Gasteiger partial charge in [0.15, 0.2) is 0 Å². The third kappa shape index (κ3) is 11.2. The van der Waals surface area contributed by atoms with Gasteiger partial charge in [-0.15, -0.1) is 0 Å². The molecule has 0 bridgehead atoms. The second-order valence-corrected chi connectivity index (χ2v) is 11.4. The van der Waals surface area contributed by atoms with E-state index in [1.807, 2.05) is 24.3 Å². The van der Waals surface area contributed by atoms with Crippen LogP contribution < -0.4 is 0 Å². The van der Waals surface area contributed by atoms with Crippen LogP contribution in [-0.2, 0) is 32.1 Å². The van der Waals surface area contributed by atoms with Crippen LogP contribution in [0.2, 0.25) is 0 Å². The number of isothiocyanates is 1. The van der Waals surface area contributed by atoms with Crippen molar-refractivity contribution < 1.29 is 59.1 Å². The summed E-state index contributed by atoms with van der Waals surface area (Å²) in [6.45, 7) is 0. The van der Waals surface area contributed by atoms with E-state index in [0.717, 1.165) is 44.1 Å². The average molecular weight is 882 g/mol. The number of hydrogen-bond acceptors (Lipinski definition) is 11. The third-order valence-electron chi connectivity index (χ3n) is 7.78. The minimum Gasteiger partial charge on any atom is -0.753 e. The summed E-state index contributed by atoms with van der Waals surface area (Å²) >= 11 is 7.40. The van der Waals surface area contributed by atoms with Gasteiger partial charge in [0, 0.05) is 35.6 Å². The number of rotatable bonds is 7. The van der Waals surface area contributed by atoms with E-state index in [4.69, 9.17) is 31.1 Å². The zero-order valence-corrected chi connectivity index (χ0v) is 32.2.